The lowest BCUT2D eigenvalue weighted by molar-refractivity contribution is 0.0696. The van der Waals surface area contributed by atoms with Crippen LogP contribution in [0.25, 0.3) is 0 Å². The minimum Gasteiger partial charge on any atom is -0.478 e. The monoisotopic (exact) mass is 277 g/mol. The van der Waals surface area contributed by atoms with Gasteiger partial charge in [-0.15, -0.1) is 0 Å². The van der Waals surface area contributed by atoms with Crippen LogP contribution in [0.15, 0.2) is 18.2 Å². The molecule has 1 aromatic rings. The number of carboxylic acids is 1. The second-order valence-corrected chi connectivity index (χ2v) is 4.95. The van der Waals surface area contributed by atoms with E-state index in [0.29, 0.717) is 19.6 Å². The highest BCUT2D eigenvalue weighted by Gasteiger charge is 2.26. The molecule has 0 spiro atoms. The lowest BCUT2D eigenvalue weighted by Gasteiger charge is -2.24. The second kappa shape index (κ2) is 5.92. The van der Waals surface area contributed by atoms with Crippen molar-refractivity contribution >= 4 is 12.0 Å². The zero-order chi connectivity index (χ0) is 14.7. The largest absolute Gasteiger partial charge is 0.478 e. The molecule has 0 aliphatic carbocycles. The number of hydrogen-bond acceptors (Lipinski definition) is 3. The SMILES string of the molecule is CNCCN(C)C(=O)N1Cc2ccc(C(=O)O)cc2C1. The average molecular weight is 277 g/mol. The molecular weight excluding hydrogens is 258 g/mol. The second-order valence-electron chi connectivity index (χ2n) is 4.95. The van der Waals surface area contributed by atoms with Gasteiger partial charge in [-0.25, -0.2) is 9.59 Å². The van der Waals surface area contributed by atoms with Gasteiger partial charge in [-0.05, 0) is 30.3 Å². The fourth-order valence-corrected chi connectivity index (χ4v) is 2.28. The summed E-state index contributed by atoms with van der Waals surface area (Å²) in [7, 11) is 3.61. The molecule has 6 nitrogen and oxygen atoms in total. The smallest absolute Gasteiger partial charge is 0.335 e. The molecule has 1 aromatic carbocycles. The number of likely N-dealkylation sites (N-methyl/N-ethyl adjacent to an activating group) is 2. The number of rotatable bonds is 4. The number of fused-ring (bicyclic) bond motifs is 1. The van der Waals surface area contributed by atoms with Gasteiger partial charge in [0.1, 0.15) is 0 Å². The summed E-state index contributed by atoms with van der Waals surface area (Å²) in [5.41, 5.74) is 2.20. The molecule has 0 fully saturated rings. The summed E-state index contributed by atoms with van der Waals surface area (Å²) in [6.45, 7) is 2.39. The standard InChI is InChI=1S/C14H19N3O3/c1-15-5-6-16(2)14(20)17-8-11-4-3-10(13(18)19)7-12(11)9-17/h3-4,7,15H,5-6,8-9H2,1-2H3,(H,18,19). The van der Waals surface area contributed by atoms with Gasteiger partial charge in [-0.1, -0.05) is 6.07 Å². The molecule has 0 aromatic heterocycles. The molecular formula is C14H19N3O3. The van der Waals surface area contributed by atoms with E-state index in [1.54, 1.807) is 35.0 Å². The summed E-state index contributed by atoms with van der Waals surface area (Å²) >= 11 is 0. The predicted molar refractivity (Wildman–Crippen MR) is 74.6 cm³/mol. The summed E-state index contributed by atoms with van der Waals surface area (Å²) in [6.07, 6.45) is 0. The van der Waals surface area contributed by atoms with E-state index in [0.717, 1.165) is 17.7 Å². The van der Waals surface area contributed by atoms with Gasteiger partial charge >= 0.3 is 12.0 Å². The van der Waals surface area contributed by atoms with E-state index >= 15 is 0 Å². The van der Waals surface area contributed by atoms with Crippen molar-refractivity contribution < 1.29 is 14.7 Å². The first kappa shape index (κ1) is 14.3. The molecule has 20 heavy (non-hydrogen) atoms. The number of amides is 2. The van der Waals surface area contributed by atoms with E-state index in [-0.39, 0.29) is 11.6 Å². The average Bonchev–Trinajstić information content (AvgIpc) is 2.86. The molecule has 0 saturated carbocycles. The number of hydrogen-bond donors (Lipinski definition) is 2. The molecule has 1 heterocycles. The Morgan fingerprint density at radius 1 is 1.35 bits per heavy atom. The third-order valence-corrected chi connectivity index (χ3v) is 3.47. The van der Waals surface area contributed by atoms with Crippen LogP contribution in [0, 0.1) is 0 Å². The number of benzene rings is 1. The van der Waals surface area contributed by atoms with Crippen LogP contribution in [0.5, 0.6) is 0 Å². The molecule has 1 aliphatic rings. The fraction of sp³-hybridized carbons (Fsp3) is 0.429. The summed E-state index contributed by atoms with van der Waals surface area (Å²) in [4.78, 5) is 26.6. The van der Waals surface area contributed by atoms with Crippen LogP contribution in [0.2, 0.25) is 0 Å². The molecule has 2 rings (SSSR count). The van der Waals surface area contributed by atoms with Crippen LogP contribution < -0.4 is 5.32 Å². The zero-order valence-corrected chi connectivity index (χ0v) is 11.7. The van der Waals surface area contributed by atoms with Crippen LogP contribution in [0.1, 0.15) is 21.5 Å². The quantitative estimate of drug-likeness (QED) is 0.860. The minimum atomic E-state index is -0.941. The molecule has 1 aliphatic heterocycles. The van der Waals surface area contributed by atoms with Crippen molar-refractivity contribution in [3.63, 3.8) is 0 Å². The summed E-state index contributed by atoms with van der Waals surface area (Å²) in [5.74, 6) is -0.941. The molecule has 2 N–H and O–H groups in total. The van der Waals surface area contributed by atoms with E-state index in [2.05, 4.69) is 5.32 Å². The maximum absolute atomic E-state index is 12.2. The Balaban J connectivity index is 2.05. The highest BCUT2D eigenvalue weighted by Crippen LogP contribution is 2.24. The lowest BCUT2D eigenvalue weighted by atomic mass is 10.1. The van der Waals surface area contributed by atoms with E-state index in [1.165, 1.54) is 0 Å². The minimum absolute atomic E-state index is 0.0340. The third-order valence-electron chi connectivity index (χ3n) is 3.47. The molecule has 0 bridgehead atoms. The van der Waals surface area contributed by atoms with Gasteiger partial charge in [0.2, 0.25) is 0 Å². The number of carboxylic acid groups (broad SMARTS) is 1. The zero-order valence-electron chi connectivity index (χ0n) is 11.7. The van der Waals surface area contributed by atoms with E-state index in [1.807, 2.05) is 7.05 Å². The van der Waals surface area contributed by atoms with E-state index in [9.17, 15) is 9.59 Å². The van der Waals surface area contributed by atoms with Crippen molar-refractivity contribution in [2.75, 3.05) is 27.2 Å². The van der Waals surface area contributed by atoms with Gasteiger partial charge in [0, 0.05) is 33.2 Å². The van der Waals surface area contributed by atoms with Crippen LogP contribution in [-0.4, -0.2) is 54.1 Å². The molecule has 0 radical (unpaired) electrons. The first-order valence-electron chi connectivity index (χ1n) is 6.52. The fourth-order valence-electron chi connectivity index (χ4n) is 2.28. The molecule has 0 atom stereocenters. The lowest BCUT2D eigenvalue weighted by Crippen LogP contribution is -2.40. The Labute approximate surface area is 118 Å². The number of carbonyl (C=O) groups is 2. The molecule has 108 valence electrons. The van der Waals surface area contributed by atoms with Gasteiger partial charge in [0.25, 0.3) is 0 Å². The van der Waals surface area contributed by atoms with E-state index in [4.69, 9.17) is 5.11 Å². The predicted octanol–water partition coefficient (Wildman–Crippen LogP) is 0.972. The highest BCUT2D eigenvalue weighted by atomic mass is 16.4. The van der Waals surface area contributed by atoms with Gasteiger partial charge < -0.3 is 20.2 Å². The van der Waals surface area contributed by atoms with Gasteiger partial charge in [-0.3, -0.25) is 0 Å². The Bertz CT molecular complexity index is 530. The van der Waals surface area contributed by atoms with Gasteiger partial charge in [0.05, 0.1) is 5.56 Å². The Morgan fingerprint density at radius 3 is 2.70 bits per heavy atom. The molecule has 2 amide bonds. The van der Waals surface area contributed by atoms with Crippen LogP contribution in [-0.2, 0) is 13.1 Å². The maximum atomic E-state index is 12.2. The first-order valence-corrected chi connectivity index (χ1v) is 6.52. The Morgan fingerprint density at radius 2 is 2.05 bits per heavy atom. The number of urea groups is 1. The van der Waals surface area contributed by atoms with Gasteiger partial charge in [-0.2, -0.15) is 0 Å². The topological polar surface area (TPSA) is 72.9 Å². The van der Waals surface area contributed by atoms with Crippen molar-refractivity contribution in [1.82, 2.24) is 15.1 Å². The van der Waals surface area contributed by atoms with Crippen LogP contribution in [0.3, 0.4) is 0 Å². The summed E-state index contributed by atoms with van der Waals surface area (Å²) in [5, 5.41) is 12.0. The molecule has 6 heteroatoms. The van der Waals surface area contributed by atoms with Crippen LogP contribution >= 0.6 is 0 Å². The first-order chi connectivity index (χ1) is 9.52. The normalized spacial score (nSPS) is 13.2. The highest BCUT2D eigenvalue weighted by molar-refractivity contribution is 5.88. The summed E-state index contributed by atoms with van der Waals surface area (Å²) in [6, 6.07) is 4.99. The van der Waals surface area contributed by atoms with Crippen molar-refractivity contribution in [3.05, 3.63) is 34.9 Å². The molecule has 0 saturated heterocycles. The van der Waals surface area contributed by atoms with Crippen molar-refractivity contribution in [2.24, 2.45) is 0 Å². The maximum Gasteiger partial charge on any atom is 0.335 e. The van der Waals surface area contributed by atoms with Crippen LogP contribution in [0.4, 0.5) is 4.79 Å². The number of carbonyl (C=O) groups excluding carboxylic acids is 1. The summed E-state index contributed by atoms with van der Waals surface area (Å²) < 4.78 is 0. The van der Waals surface area contributed by atoms with Crippen molar-refractivity contribution in [3.8, 4) is 0 Å². The van der Waals surface area contributed by atoms with E-state index < -0.39 is 5.97 Å². The molecule has 0 unspecified atom stereocenters. The number of aromatic carboxylic acids is 1. The van der Waals surface area contributed by atoms with Gasteiger partial charge in [0.15, 0.2) is 0 Å². The van der Waals surface area contributed by atoms with Crippen molar-refractivity contribution in [2.45, 2.75) is 13.1 Å². The Hall–Kier alpha value is -2.08. The Kier molecular flexibility index (Phi) is 4.24. The van der Waals surface area contributed by atoms with Crippen molar-refractivity contribution in [1.29, 1.82) is 0 Å². The third kappa shape index (κ3) is 2.91. The number of nitrogens with zero attached hydrogens (tertiary/aromatic N) is 2. The number of nitrogens with one attached hydrogen (secondary N) is 1.